The molecule has 1 saturated heterocycles. The van der Waals surface area contributed by atoms with Crippen LogP contribution >= 0.6 is 0 Å². The maximum Gasteiger partial charge on any atom is 0.317 e. The summed E-state index contributed by atoms with van der Waals surface area (Å²) in [5, 5.41) is 11.6. The molecule has 8 nitrogen and oxygen atoms in total. The third kappa shape index (κ3) is 4.37. The Labute approximate surface area is 209 Å². The fraction of sp³-hybridized carbons (Fsp3) is 0.250. The number of aliphatic imine (C=N–C) groups is 1. The van der Waals surface area contributed by atoms with Gasteiger partial charge >= 0.3 is 6.01 Å². The van der Waals surface area contributed by atoms with E-state index in [2.05, 4.69) is 25.4 Å². The van der Waals surface area contributed by atoms with Crippen LogP contribution < -0.4 is 10.2 Å². The topological polar surface area (TPSA) is 96.5 Å². The zero-order chi connectivity index (χ0) is 24.3. The van der Waals surface area contributed by atoms with Crippen molar-refractivity contribution in [2.24, 2.45) is 4.99 Å². The summed E-state index contributed by atoms with van der Waals surface area (Å²) in [7, 11) is 0. The van der Waals surface area contributed by atoms with Crippen LogP contribution in [0.4, 0.5) is 11.7 Å². The third-order valence-corrected chi connectivity index (χ3v) is 6.66. The van der Waals surface area contributed by atoms with Gasteiger partial charge in [-0.1, -0.05) is 59.7 Å². The number of fused-ring (bicyclic) bond motifs is 1. The molecule has 0 radical (unpaired) electrons. The maximum absolute atomic E-state index is 13.2. The highest BCUT2D eigenvalue weighted by molar-refractivity contribution is 6.16. The van der Waals surface area contributed by atoms with Gasteiger partial charge in [0.25, 0.3) is 5.89 Å². The fourth-order valence-corrected chi connectivity index (χ4v) is 4.86. The Hall–Kier alpha value is -4.33. The largest absolute Gasteiger partial charge is 0.403 e. The molecule has 1 atom stereocenters. The predicted octanol–water partition coefficient (Wildman–Crippen LogP) is 4.52. The number of piperidine rings is 1. The average Bonchev–Trinajstić information content (AvgIpc) is 3.35. The Balaban J connectivity index is 1.32. The van der Waals surface area contributed by atoms with Crippen molar-refractivity contribution in [1.82, 2.24) is 15.2 Å². The van der Waals surface area contributed by atoms with Gasteiger partial charge in [0.15, 0.2) is 11.9 Å². The molecule has 180 valence electrons. The van der Waals surface area contributed by atoms with Crippen molar-refractivity contribution < 1.29 is 9.21 Å². The molecule has 1 unspecified atom stereocenters. The molecule has 8 heteroatoms. The van der Waals surface area contributed by atoms with Crippen LogP contribution in [-0.2, 0) is 11.2 Å². The zero-order valence-corrected chi connectivity index (χ0v) is 19.8. The molecule has 2 aliphatic heterocycles. The van der Waals surface area contributed by atoms with Crippen molar-refractivity contribution in [1.29, 1.82) is 0 Å². The molecule has 6 rings (SSSR count). The number of aromatic nitrogens is 3. The second kappa shape index (κ2) is 9.73. The van der Waals surface area contributed by atoms with Crippen molar-refractivity contribution in [3.8, 4) is 11.5 Å². The van der Waals surface area contributed by atoms with Gasteiger partial charge in [0, 0.05) is 36.8 Å². The van der Waals surface area contributed by atoms with Crippen molar-refractivity contribution in [2.75, 3.05) is 23.3 Å². The van der Waals surface area contributed by atoms with Gasteiger partial charge in [0.1, 0.15) is 0 Å². The molecule has 4 aromatic rings. The highest BCUT2D eigenvalue weighted by atomic mass is 16.4. The fourth-order valence-electron chi connectivity index (χ4n) is 4.86. The number of pyridine rings is 1. The van der Waals surface area contributed by atoms with Crippen LogP contribution in [0.5, 0.6) is 0 Å². The highest BCUT2D eigenvalue weighted by Crippen LogP contribution is 2.32. The summed E-state index contributed by atoms with van der Waals surface area (Å²) in [6.45, 7) is 1.96. The van der Waals surface area contributed by atoms with E-state index in [1.807, 2.05) is 66.9 Å². The number of carbonyl (C=O) groups is 1. The standard InChI is InChI=1S/C28H26N6O2/c35-24-17-20-11-5-6-12-21(20)25(19-9-3-1-4-10-19)30-26(24)31-28-33-32-27(36-28)22-13-14-29-18-23(22)34-15-7-2-8-16-34/h1,3-6,9-14,18,26H,2,7-8,15-17H2,(H,31,33). The SMILES string of the molecule is O=C1Cc2ccccc2C(c2ccccc2)=NC1Nc1nnc(-c2ccncc2N2CCCCC2)o1. The van der Waals surface area contributed by atoms with Crippen LogP contribution in [-0.4, -0.2) is 45.9 Å². The van der Waals surface area contributed by atoms with Crippen LogP contribution in [0.2, 0.25) is 0 Å². The number of Topliss-reactive ketones (excluding diaryl/α,β-unsaturated/α-hetero) is 1. The van der Waals surface area contributed by atoms with E-state index in [1.54, 1.807) is 6.20 Å². The van der Waals surface area contributed by atoms with E-state index in [-0.39, 0.29) is 18.2 Å². The summed E-state index contributed by atoms with van der Waals surface area (Å²) in [5.41, 5.74) is 5.42. The lowest BCUT2D eigenvalue weighted by Gasteiger charge is -2.29. The molecular weight excluding hydrogens is 452 g/mol. The number of rotatable bonds is 5. The molecule has 1 fully saturated rings. The first kappa shape index (κ1) is 22.2. The van der Waals surface area contributed by atoms with Gasteiger partial charge in [-0.2, -0.15) is 0 Å². The van der Waals surface area contributed by atoms with Gasteiger partial charge < -0.3 is 14.6 Å². The monoisotopic (exact) mass is 478 g/mol. The molecular formula is C28H26N6O2. The number of hydrogen-bond donors (Lipinski definition) is 1. The van der Waals surface area contributed by atoms with Gasteiger partial charge in [-0.05, 0) is 30.9 Å². The van der Waals surface area contributed by atoms with Crippen LogP contribution in [0.3, 0.4) is 0 Å². The predicted molar refractivity (Wildman–Crippen MR) is 138 cm³/mol. The first-order valence-electron chi connectivity index (χ1n) is 12.3. The number of nitrogens with one attached hydrogen (secondary N) is 1. The lowest BCUT2D eigenvalue weighted by Crippen LogP contribution is -2.29. The molecule has 2 aromatic carbocycles. The highest BCUT2D eigenvalue weighted by Gasteiger charge is 2.27. The lowest BCUT2D eigenvalue weighted by atomic mass is 9.96. The smallest absolute Gasteiger partial charge is 0.317 e. The molecule has 36 heavy (non-hydrogen) atoms. The van der Waals surface area contributed by atoms with Crippen LogP contribution in [0.25, 0.3) is 11.5 Å². The van der Waals surface area contributed by atoms with Gasteiger partial charge in [-0.3, -0.25) is 14.8 Å². The first-order valence-corrected chi connectivity index (χ1v) is 12.3. The molecule has 0 aliphatic carbocycles. The van der Waals surface area contributed by atoms with Crippen molar-refractivity contribution >= 4 is 23.2 Å². The second-order valence-corrected chi connectivity index (χ2v) is 9.04. The van der Waals surface area contributed by atoms with Gasteiger partial charge in [0.2, 0.25) is 0 Å². The Morgan fingerprint density at radius 3 is 2.56 bits per heavy atom. The number of benzene rings is 2. The number of hydrogen-bond acceptors (Lipinski definition) is 8. The van der Waals surface area contributed by atoms with Gasteiger partial charge in [-0.25, -0.2) is 0 Å². The molecule has 1 N–H and O–H groups in total. The van der Waals surface area contributed by atoms with E-state index < -0.39 is 6.17 Å². The first-order chi connectivity index (χ1) is 17.8. The molecule has 0 saturated carbocycles. The number of nitrogens with zero attached hydrogens (tertiary/aromatic N) is 5. The molecule has 2 aromatic heterocycles. The van der Waals surface area contributed by atoms with Crippen molar-refractivity contribution in [3.63, 3.8) is 0 Å². The number of ketones is 1. The van der Waals surface area contributed by atoms with E-state index in [9.17, 15) is 4.79 Å². The summed E-state index contributed by atoms with van der Waals surface area (Å²) in [4.78, 5) is 24.7. The maximum atomic E-state index is 13.2. The third-order valence-electron chi connectivity index (χ3n) is 6.66. The van der Waals surface area contributed by atoms with E-state index in [0.717, 1.165) is 59.6 Å². The number of carbonyl (C=O) groups excluding carboxylic acids is 1. The molecule has 0 bridgehead atoms. The summed E-state index contributed by atoms with van der Waals surface area (Å²) < 4.78 is 6.00. The summed E-state index contributed by atoms with van der Waals surface area (Å²) in [6.07, 6.45) is 6.53. The molecule has 4 heterocycles. The van der Waals surface area contributed by atoms with Gasteiger partial charge in [-0.15, -0.1) is 5.10 Å². The van der Waals surface area contributed by atoms with E-state index in [4.69, 9.17) is 9.41 Å². The lowest BCUT2D eigenvalue weighted by molar-refractivity contribution is -0.119. The molecule has 2 aliphatic rings. The van der Waals surface area contributed by atoms with Crippen molar-refractivity contribution in [2.45, 2.75) is 31.8 Å². The minimum atomic E-state index is -0.847. The van der Waals surface area contributed by atoms with E-state index in [0.29, 0.717) is 5.89 Å². The Kier molecular flexibility index (Phi) is 5.99. The number of anilines is 2. The second-order valence-electron chi connectivity index (χ2n) is 9.04. The Morgan fingerprint density at radius 1 is 0.889 bits per heavy atom. The Bertz CT molecular complexity index is 1410. The minimum absolute atomic E-state index is 0.0638. The average molecular weight is 479 g/mol. The summed E-state index contributed by atoms with van der Waals surface area (Å²) >= 11 is 0. The van der Waals surface area contributed by atoms with Crippen LogP contribution in [0, 0.1) is 0 Å². The minimum Gasteiger partial charge on any atom is -0.403 e. The zero-order valence-electron chi connectivity index (χ0n) is 19.8. The molecule has 0 spiro atoms. The van der Waals surface area contributed by atoms with E-state index >= 15 is 0 Å². The normalized spacial score (nSPS) is 17.8. The van der Waals surface area contributed by atoms with Crippen molar-refractivity contribution in [3.05, 3.63) is 89.7 Å². The Morgan fingerprint density at radius 2 is 1.69 bits per heavy atom. The quantitative estimate of drug-likeness (QED) is 0.450. The molecule has 0 amide bonds. The van der Waals surface area contributed by atoms with Crippen LogP contribution in [0.15, 0.2) is 82.5 Å². The van der Waals surface area contributed by atoms with E-state index in [1.165, 1.54) is 6.42 Å². The van der Waals surface area contributed by atoms with Gasteiger partial charge in [0.05, 0.1) is 23.2 Å². The van der Waals surface area contributed by atoms with Crippen LogP contribution in [0.1, 0.15) is 36.0 Å². The summed E-state index contributed by atoms with van der Waals surface area (Å²) in [5.74, 6) is 0.322. The summed E-state index contributed by atoms with van der Waals surface area (Å²) in [6, 6.07) is 19.8.